The minimum atomic E-state index is 0.820. The third kappa shape index (κ3) is 7.17. The first kappa shape index (κ1) is 19.3. The average molecular weight is 337 g/mol. The summed E-state index contributed by atoms with van der Waals surface area (Å²) >= 11 is 0. The smallest absolute Gasteiger partial charge is 0.119 e. The zero-order chi connectivity index (χ0) is 17.7. The summed E-state index contributed by atoms with van der Waals surface area (Å²) in [6.45, 7) is 6.92. The van der Waals surface area contributed by atoms with Crippen LogP contribution < -0.4 is 4.74 Å². The molecule has 0 amide bonds. The molecule has 0 unspecified atom stereocenters. The molecule has 1 heteroatoms. The highest BCUT2D eigenvalue weighted by molar-refractivity contribution is 5.67. The molecule has 0 fully saturated rings. The van der Waals surface area contributed by atoms with Crippen molar-refractivity contribution in [2.45, 2.75) is 58.3 Å². The summed E-state index contributed by atoms with van der Waals surface area (Å²) < 4.78 is 5.87. The van der Waals surface area contributed by atoms with E-state index in [-0.39, 0.29) is 0 Å². The third-order valence-electron chi connectivity index (χ3n) is 4.58. The number of unbranched alkanes of at least 4 members (excludes halogenated alkanes) is 7. The maximum atomic E-state index is 5.87. The predicted octanol–water partition coefficient (Wildman–Crippen LogP) is 7.52. The normalized spacial score (nSPS) is 10.6. The second-order valence-corrected chi connectivity index (χ2v) is 6.68. The highest BCUT2D eigenvalue weighted by Gasteiger charge is 2.00. The quantitative estimate of drug-likeness (QED) is 0.364. The van der Waals surface area contributed by atoms with Crippen LogP contribution in [0.15, 0.2) is 55.1 Å². The maximum Gasteiger partial charge on any atom is 0.119 e. The zero-order valence-electron chi connectivity index (χ0n) is 15.7. The number of hydrogen-bond acceptors (Lipinski definition) is 1. The molecule has 134 valence electrons. The minimum absolute atomic E-state index is 0.820. The van der Waals surface area contributed by atoms with E-state index in [0.717, 1.165) is 24.3 Å². The summed E-state index contributed by atoms with van der Waals surface area (Å²) in [7, 11) is 0. The fourth-order valence-corrected chi connectivity index (χ4v) is 3.01. The van der Waals surface area contributed by atoms with Crippen molar-refractivity contribution in [3.8, 4) is 16.9 Å². The van der Waals surface area contributed by atoms with Gasteiger partial charge < -0.3 is 4.74 Å². The van der Waals surface area contributed by atoms with E-state index in [9.17, 15) is 0 Å². The van der Waals surface area contributed by atoms with Crippen LogP contribution in [0.25, 0.3) is 17.2 Å². The van der Waals surface area contributed by atoms with Crippen molar-refractivity contribution in [1.29, 1.82) is 0 Å². The monoisotopic (exact) mass is 336 g/mol. The average Bonchev–Trinajstić information content (AvgIpc) is 2.67. The van der Waals surface area contributed by atoms with Gasteiger partial charge >= 0.3 is 0 Å². The summed E-state index contributed by atoms with van der Waals surface area (Å²) in [5, 5.41) is 0. The second-order valence-electron chi connectivity index (χ2n) is 6.68. The van der Waals surface area contributed by atoms with Crippen LogP contribution >= 0.6 is 0 Å². The van der Waals surface area contributed by atoms with Gasteiger partial charge in [-0.1, -0.05) is 94.9 Å². The largest absolute Gasteiger partial charge is 0.494 e. The molecular formula is C24H32O. The molecule has 25 heavy (non-hydrogen) atoms. The van der Waals surface area contributed by atoms with E-state index in [4.69, 9.17) is 4.74 Å². The lowest BCUT2D eigenvalue weighted by Crippen LogP contribution is -1.97. The molecule has 0 saturated heterocycles. The molecule has 0 atom stereocenters. The maximum absolute atomic E-state index is 5.87. The van der Waals surface area contributed by atoms with Crippen LogP contribution in [0.4, 0.5) is 0 Å². The van der Waals surface area contributed by atoms with Crippen molar-refractivity contribution in [2.24, 2.45) is 0 Å². The van der Waals surface area contributed by atoms with Gasteiger partial charge in [-0.2, -0.15) is 0 Å². The Hall–Kier alpha value is -2.02. The Morgan fingerprint density at radius 2 is 1.48 bits per heavy atom. The molecule has 2 rings (SSSR count). The summed E-state index contributed by atoms with van der Waals surface area (Å²) in [5.41, 5.74) is 3.57. The van der Waals surface area contributed by atoms with Gasteiger partial charge in [-0.3, -0.25) is 0 Å². The van der Waals surface area contributed by atoms with Gasteiger partial charge in [0.2, 0.25) is 0 Å². The van der Waals surface area contributed by atoms with E-state index in [2.05, 4.69) is 62.0 Å². The molecule has 0 radical (unpaired) electrons. The Morgan fingerprint density at radius 1 is 0.800 bits per heavy atom. The third-order valence-corrected chi connectivity index (χ3v) is 4.58. The van der Waals surface area contributed by atoms with Crippen LogP contribution in [-0.4, -0.2) is 6.61 Å². The van der Waals surface area contributed by atoms with Crippen LogP contribution in [0.1, 0.15) is 63.9 Å². The van der Waals surface area contributed by atoms with Gasteiger partial charge in [0.1, 0.15) is 5.75 Å². The predicted molar refractivity (Wildman–Crippen MR) is 110 cm³/mol. The molecule has 0 saturated carbocycles. The van der Waals surface area contributed by atoms with Crippen molar-refractivity contribution in [2.75, 3.05) is 6.61 Å². The molecule has 0 heterocycles. The lowest BCUT2D eigenvalue weighted by Gasteiger charge is -2.08. The Bertz CT molecular complexity index is 612. The van der Waals surface area contributed by atoms with Gasteiger partial charge in [0.05, 0.1) is 6.61 Å². The summed E-state index contributed by atoms with van der Waals surface area (Å²) in [6, 6.07) is 16.8. The van der Waals surface area contributed by atoms with Crippen LogP contribution in [0, 0.1) is 0 Å². The van der Waals surface area contributed by atoms with Crippen molar-refractivity contribution >= 4 is 6.08 Å². The first-order chi connectivity index (χ1) is 12.3. The van der Waals surface area contributed by atoms with E-state index >= 15 is 0 Å². The number of rotatable bonds is 12. The van der Waals surface area contributed by atoms with Crippen molar-refractivity contribution in [1.82, 2.24) is 0 Å². The van der Waals surface area contributed by atoms with Gasteiger partial charge in [-0.25, -0.2) is 0 Å². The van der Waals surface area contributed by atoms with Gasteiger partial charge in [0.15, 0.2) is 0 Å². The number of ether oxygens (including phenoxy) is 1. The standard InChI is InChI=1S/C24H32O/c1-3-5-6-7-8-9-10-11-19-25-24-17-15-22(16-18-24)23-14-12-13-21(4-2)20-23/h4,12-18,20H,2-3,5-11,19H2,1H3. The highest BCUT2D eigenvalue weighted by atomic mass is 16.5. The van der Waals surface area contributed by atoms with E-state index in [0.29, 0.717) is 0 Å². The summed E-state index contributed by atoms with van der Waals surface area (Å²) in [4.78, 5) is 0. The van der Waals surface area contributed by atoms with Gasteiger partial charge in [-0.15, -0.1) is 0 Å². The molecule has 0 N–H and O–H groups in total. The van der Waals surface area contributed by atoms with Crippen LogP contribution in [0.3, 0.4) is 0 Å². The summed E-state index contributed by atoms with van der Waals surface area (Å²) in [5.74, 6) is 0.964. The van der Waals surface area contributed by atoms with Crippen LogP contribution in [-0.2, 0) is 0 Å². The Labute approximate surface area is 153 Å². The molecule has 2 aromatic carbocycles. The Morgan fingerprint density at radius 3 is 2.16 bits per heavy atom. The van der Waals surface area contributed by atoms with Crippen molar-refractivity contribution in [3.05, 3.63) is 60.7 Å². The lowest BCUT2D eigenvalue weighted by molar-refractivity contribution is 0.304. The van der Waals surface area contributed by atoms with E-state index < -0.39 is 0 Å². The Kier molecular flexibility index (Phi) is 8.90. The molecule has 0 aliphatic heterocycles. The van der Waals surface area contributed by atoms with Crippen LogP contribution in [0.5, 0.6) is 5.75 Å². The van der Waals surface area contributed by atoms with E-state index in [1.165, 1.54) is 56.1 Å². The first-order valence-electron chi connectivity index (χ1n) is 9.79. The highest BCUT2D eigenvalue weighted by Crippen LogP contribution is 2.23. The SMILES string of the molecule is C=Cc1cccc(-c2ccc(OCCCCCCCCCC)cc2)c1. The molecule has 1 nitrogen and oxygen atoms in total. The zero-order valence-corrected chi connectivity index (χ0v) is 15.7. The van der Waals surface area contributed by atoms with E-state index in [1.807, 2.05) is 6.08 Å². The molecule has 0 aliphatic carbocycles. The molecule has 2 aromatic rings. The molecule has 0 spiro atoms. The number of hydrogen-bond donors (Lipinski definition) is 0. The minimum Gasteiger partial charge on any atom is -0.494 e. The van der Waals surface area contributed by atoms with Crippen LogP contribution in [0.2, 0.25) is 0 Å². The van der Waals surface area contributed by atoms with Gasteiger partial charge in [-0.05, 0) is 41.3 Å². The van der Waals surface area contributed by atoms with E-state index in [1.54, 1.807) is 0 Å². The number of benzene rings is 2. The van der Waals surface area contributed by atoms with Crippen molar-refractivity contribution in [3.63, 3.8) is 0 Å². The second kappa shape index (κ2) is 11.5. The fourth-order valence-electron chi connectivity index (χ4n) is 3.01. The Balaban J connectivity index is 1.67. The topological polar surface area (TPSA) is 9.23 Å². The first-order valence-corrected chi connectivity index (χ1v) is 9.79. The molecular weight excluding hydrogens is 304 g/mol. The van der Waals surface area contributed by atoms with Gasteiger partial charge in [0, 0.05) is 0 Å². The molecule has 0 aromatic heterocycles. The fraction of sp³-hybridized carbons (Fsp3) is 0.417. The molecule has 0 aliphatic rings. The van der Waals surface area contributed by atoms with Crippen molar-refractivity contribution < 1.29 is 4.74 Å². The summed E-state index contributed by atoms with van der Waals surface area (Å²) in [6.07, 6.45) is 12.5. The lowest BCUT2D eigenvalue weighted by atomic mass is 10.0. The molecule has 0 bridgehead atoms. The van der Waals surface area contributed by atoms with Gasteiger partial charge in [0.25, 0.3) is 0 Å².